The number of carbonyl (C=O) groups excluding carboxylic acids is 1. The van der Waals surface area contributed by atoms with Crippen LogP contribution in [0.4, 0.5) is 4.79 Å². The molecule has 0 aliphatic heterocycles. The number of hydrogen-bond donors (Lipinski definition) is 3. The Morgan fingerprint density at radius 1 is 0.773 bits per heavy atom. The molecule has 0 saturated carbocycles. The topological polar surface area (TPSA) is 67.2 Å². The number of urea groups is 1. The molecule has 0 aromatic carbocycles. The fourth-order valence-corrected chi connectivity index (χ4v) is 2.76. The lowest BCUT2D eigenvalue weighted by molar-refractivity contribution is 0.234. The van der Waals surface area contributed by atoms with Crippen molar-refractivity contribution in [2.75, 3.05) is 0 Å². The molecule has 0 spiro atoms. The van der Waals surface area contributed by atoms with Gasteiger partial charge in [0.15, 0.2) is 0 Å². The molecule has 0 fully saturated rings. The summed E-state index contributed by atoms with van der Waals surface area (Å²) < 4.78 is 0. The van der Waals surface area contributed by atoms with Gasteiger partial charge in [-0.2, -0.15) is 0 Å². The number of nitrogens with two attached hydrogens (primary N) is 1. The number of hydrogen-bond acceptors (Lipinski definition) is 2. The van der Waals surface area contributed by atoms with Crippen molar-refractivity contribution < 1.29 is 4.79 Å². The van der Waals surface area contributed by atoms with Crippen LogP contribution in [0.3, 0.4) is 0 Å². The van der Waals surface area contributed by atoms with E-state index in [4.69, 9.17) is 5.84 Å². The molecule has 4 N–H and O–H groups in total. The Labute approximate surface area is 138 Å². The average Bonchev–Trinajstić information content (AvgIpc) is 2.45. The maximum Gasteiger partial charge on any atom is 0.329 e. The van der Waals surface area contributed by atoms with E-state index in [1.165, 1.54) is 51.4 Å². The smallest absolute Gasteiger partial charge is 0.329 e. The van der Waals surface area contributed by atoms with Gasteiger partial charge >= 0.3 is 6.03 Å². The monoisotopic (exact) mass is 313 g/mol. The lowest BCUT2D eigenvalue weighted by atomic mass is 9.98. The number of unbranched alkanes of at least 4 members (excludes halogenated alkanes) is 4. The molecule has 0 bridgehead atoms. The number of nitrogens with one attached hydrogen (secondary N) is 2. The third-order valence-electron chi connectivity index (χ3n) is 4.13. The minimum absolute atomic E-state index is 0.256. The molecule has 2 amide bonds. The molecule has 0 radical (unpaired) electrons. The summed E-state index contributed by atoms with van der Waals surface area (Å²) in [7, 11) is 0. The molecule has 0 heterocycles. The predicted molar refractivity (Wildman–Crippen MR) is 95.5 cm³/mol. The largest absolute Gasteiger partial charge is 0.334 e. The zero-order valence-corrected chi connectivity index (χ0v) is 15.3. The quantitative estimate of drug-likeness (QED) is 0.199. The van der Waals surface area contributed by atoms with E-state index >= 15 is 0 Å². The van der Waals surface area contributed by atoms with E-state index in [1.807, 2.05) is 0 Å². The molecule has 4 nitrogen and oxygen atoms in total. The highest BCUT2D eigenvalue weighted by molar-refractivity contribution is 5.73. The zero-order valence-electron chi connectivity index (χ0n) is 15.3. The van der Waals surface area contributed by atoms with Gasteiger partial charge in [-0.05, 0) is 24.7 Å². The number of carbonyl (C=O) groups is 1. The van der Waals surface area contributed by atoms with Crippen LogP contribution in [0.25, 0.3) is 0 Å². The van der Waals surface area contributed by atoms with Crippen molar-refractivity contribution in [3.63, 3.8) is 0 Å². The van der Waals surface area contributed by atoms with Gasteiger partial charge in [-0.1, -0.05) is 79.1 Å². The van der Waals surface area contributed by atoms with Gasteiger partial charge in [-0.25, -0.2) is 10.6 Å². The molecule has 0 saturated heterocycles. The molecular weight excluding hydrogens is 274 g/mol. The van der Waals surface area contributed by atoms with Crippen molar-refractivity contribution in [2.45, 2.75) is 97.9 Å². The lowest BCUT2D eigenvalue weighted by Crippen LogP contribution is -2.45. The van der Waals surface area contributed by atoms with Crippen molar-refractivity contribution in [3.05, 3.63) is 0 Å². The van der Waals surface area contributed by atoms with Gasteiger partial charge in [0, 0.05) is 6.04 Å². The summed E-state index contributed by atoms with van der Waals surface area (Å²) in [4.78, 5) is 11.4. The minimum Gasteiger partial charge on any atom is -0.334 e. The van der Waals surface area contributed by atoms with Crippen LogP contribution in [0.2, 0.25) is 0 Å². The molecular formula is C18H39N3O. The molecule has 4 heteroatoms. The Kier molecular flexibility index (Phi) is 13.4. The maximum atomic E-state index is 11.4. The average molecular weight is 314 g/mol. The van der Waals surface area contributed by atoms with Gasteiger partial charge in [-0.15, -0.1) is 0 Å². The third-order valence-corrected chi connectivity index (χ3v) is 4.13. The number of rotatable bonds is 13. The van der Waals surface area contributed by atoms with Gasteiger partial charge in [0.05, 0.1) is 0 Å². The molecule has 22 heavy (non-hydrogen) atoms. The van der Waals surface area contributed by atoms with Crippen LogP contribution in [0.1, 0.15) is 91.9 Å². The van der Waals surface area contributed by atoms with Crippen LogP contribution in [-0.2, 0) is 0 Å². The van der Waals surface area contributed by atoms with Gasteiger partial charge in [0.2, 0.25) is 0 Å². The third kappa shape index (κ3) is 14.2. The molecule has 0 aliphatic carbocycles. The van der Waals surface area contributed by atoms with Gasteiger partial charge in [0.25, 0.3) is 0 Å². The summed E-state index contributed by atoms with van der Waals surface area (Å²) in [6, 6.07) is 0.00878. The molecule has 0 aromatic heterocycles. The highest BCUT2D eigenvalue weighted by Gasteiger charge is 2.11. The Morgan fingerprint density at radius 2 is 1.18 bits per heavy atom. The summed E-state index contributed by atoms with van der Waals surface area (Å²) in [5.41, 5.74) is 2.18. The number of hydrazine groups is 1. The first-order valence-electron chi connectivity index (χ1n) is 9.22. The van der Waals surface area contributed by atoms with Crippen molar-refractivity contribution in [1.29, 1.82) is 0 Å². The zero-order chi connectivity index (χ0) is 16.8. The predicted octanol–water partition coefficient (Wildman–Crippen LogP) is 4.74. The van der Waals surface area contributed by atoms with Crippen LogP contribution in [-0.4, -0.2) is 12.1 Å². The Morgan fingerprint density at radius 3 is 1.64 bits per heavy atom. The summed E-state index contributed by atoms with van der Waals surface area (Å²) >= 11 is 0. The van der Waals surface area contributed by atoms with E-state index < -0.39 is 0 Å². The maximum absolute atomic E-state index is 11.4. The van der Waals surface area contributed by atoms with E-state index in [1.54, 1.807) is 0 Å². The van der Waals surface area contributed by atoms with E-state index in [2.05, 4.69) is 38.4 Å². The van der Waals surface area contributed by atoms with Crippen molar-refractivity contribution in [1.82, 2.24) is 10.7 Å². The summed E-state index contributed by atoms with van der Waals surface area (Å²) in [6.07, 6.45) is 12.2. The highest BCUT2D eigenvalue weighted by atomic mass is 16.2. The summed E-state index contributed by atoms with van der Waals surface area (Å²) in [5.74, 6) is 6.75. The fourth-order valence-electron chi connectivity index (χ4n) is 2.76. The first kappa shape index (κ1) is 21.2. The molecule has 1 atom stereocenters. The van der Waals surface area contributed by atoms with Gasteiger partial charge < -0.3 is 5.32 Å². The summed E-state index contributed by atoms with van der Waals surface area (Å²) in [6.45, 7) is 9.08. The molecule has 0 aliphatic rings. The molecule has 0 aromatic rings. The Hall–Kier alpha value is -0.770. The van der Waals surface area contributed by atoms with E-state index in [-0.39, 0.29) is 12.1 Å². The molecule has 1 unspecified atom stereocenters. The second kappa shape index (κ2) is 13.9. The van der Waals surface area contributed by atoms with Crippen LogP contribution < -0.4 is 16.6 Å². The van der Waals surface area contributed by atoms with Crippen LogP contribution in [0, 0.1) is 11.8 Å². The first-order valence-corrected chi connectivity index (χ1v) is 9.22. The first-order chi connectivity index (χ1) is 10.5. The van der Waals surface area contributed by atoms with Crippen molar-refractivity contribution in [3.8, 4) is 0 Å². The second-order valence-electron chi connectivity index (χ2n) is 7.38. The van der Waals surface area contributed by atoms with E-state index in [0.29, 0.717) is 0 Å². The van der Waals surface area contributed by atoms with Crippen LogP contribution in [0.15, 0.2) is 0 Å². The second-order valence-corrected chi connectivity index (χ2v) is 7.38. The molecule has 0 rings (SSSR count). The lowest BCUT2D eigenvalue weighted by Gasteiger charge is -2.18. The van der Waals surface area contributed by atoms with E-state index in [9.17, 15) is 4.79 Å². The van der Waals surface area contributed by atoms with Crippen LogP contribution in [0.5, 0.6) is 0 Å². The minimum atomic E-state index is -0.256. The van der Waals surface area contributed by atoms with Gasteiger partial charge in [0.1, 0.15) is 0 Å². The Balaban J connectivity index is 3.85. The number of amides is 2. The SMILES string of the molecule is CC(C)CCCCCCC(CCCCC(C)C)NC(=O)NN. The standard InChI is InChI=1S/C18H39N3O/c1-15(2)11-7-5-6-8-13-17(20-18(22)21-19)14-10-9-12-16(3)4/h15-17H,5-14,19H2,1-4H3,(H2,20,21,22). The van der Waals surface area contributed by atoms with Crippen molar-refractivity contribution >= 4 is 6.03 Å². The normalized spacial score (nSPS) is 12.7. The Bertz CT molecular complexity index is 267. The van der Waals surface area contributed by atoms with E-state index in [0.717, 1.165) is 24.7 Å². The summed E-state index contributed by atoms with van der Waals surface area (Å²) in [5, 5.41) is 2.99. The fraction of sp³-hybridized carbons (Fsp3) is 0.944. The van der Waals surface area contributed by atoms with Crippen molar-refractivity contribution in [2.24, 2.45) is 17.7 Å². The van der Waals surface area contributed by atoms with Gasteiger partial charge in [-0.3, -0.25) is 5.43 Å². The van der Waals surface area contributed by atoms with Crippen LogP contribution >= 0.6 is 0 Å². The molecule has 132 valence electrons. The highest BCUT2D eigenvalue weighted by Crippen LogP contribution is 2.15.